The summed E-state index contributed by atoms with van der Waals surface area (Å²) in [4.78, 5) is 11.9. The van der Waals surface area contributed by atoms with Gasteiger partial charge in [-0.2, -0.15) is 0 Å². The first-order valence-corrected chi connectivity index (χ1v) is 7.26. The predicted molar refractivity (Wildman–Crippen MR) is 82.8 cm³/mol. The van der Waals surface area contributed by atoms with Crippen LogP contribution in [0.3, 0.4) is 0 Å². The van der Waals surface area contributed by atoms with Gasteiger partial charge in [-0.1, -0.05) is 26.8 Å². The monoisotopic (exact) mass is 278 g/mol. The molecular weight excluding hydrogens is 252 g/mol. The molecule has 1 unspecified atom stereocenters. The van der Waals surface area contributed by atoms with Gasteiger partial charge in [-0.25, -0.2) is 0 Å². The molecule has 20 heavy (non-hydrogen) atoms. The Labute approximate surface area is 121 Å². The number of carbonyl (C=O) groups excluding carboxylic acids is 1. The number of aryl methyl sites for hydroxylation is 1. The molecule has 1 amide bonds. The van der Waals surface area contributed by atoms with Crippen molar-refractivity contribution in [2.75, 3.05) is 12.3 Å². The highest BCUT2D eigenvalue weighted by Crippen LogP contribution is 2.23. The standard InChI is InChI=1S/C16H26N2O2/c1-5-13-6-7-15(14(17)10-13)20-12(4)16(19)18-9-8-11(2)3/h6-7,10-12H,5,8-9,17H2,1-4H3,(H,18,19). The van der Waals surface area contributed by atoms with E-state index in [4.69, 9.17) is 10.5 Å². The molecule has 4 nitrogen and oxygen atoms in total. The molecule has 0 aromatic heterocycles. The Morgan fingerprint density at radius 1 is 1.35 bits per heavy atom. The molecule has 0 saturated heterocycles. The number of benzene rings is 1. The molecule has 0 bridgehead atoms. The van der Waals surface area contributed by atoms with E-state index in [0.717, 1.165) is 18.4 Å². The lowest BCUT2D eigenvalue weighted by Crippen LogP contribution is -2.37. The largest absolute Gasteiger partial charge is 0.479 e. The minimum atomic E-state index is -0.545. The average Bonchev–Trinajstić information content (AvgIpc) is 2.40. The summed E-state index contributed by atoms with van der Waals surface area (Å²) in [6, 6.07) is 5.68. The molecule has 1 rings (SSSR count). The number of rotatable bonds is 7. The van der Waals surface area contributed by atoms with Crippen LogP contribution in [-0.2, 0) is 11.2 Å². The zero-order chi connectivity index (χ0) is 15.1. The molecule has 1 aromatic rings. The smallest absolute Gasteiger partial charge is 0.260 e. The van der Waals surface area contributed by atoms with Gasteiger partial charge in [-0.05, 0) is 43.4 Å². The molecule has 1 atom stereocenters. The molecular formula is C16H26N2O2. The minimum Gasteiger partial charge on any atom is -0.479 e. The second kappa shape index (κ2) is 7.78. The van der Waals surface area contributed by atoms with E-state index in [1.165, 1.54) is 0 Å². The molecule has 0 radical (unpaired) electrons. The molecule has 0 aliphatic carbocycles. The van der Waals surface area contributed by atoms with Crippen molar-refractivity contribution in [3.63, 3.8) is 0 Å². The summed E-state index contributed by atoms with van der Waals surface area (Å²) in [5.74, 6) is 1.03. The van der Waals surface area contributed by atoms with Crippen molar-refractivity contribution in [2.24, 2.45) is 5.92 Å². The number of ether oxygens (including phenoxy) is 1. The van der Waals surface area contributed by atoms with Gasteiger partial charge in [0.2, 0.25) is 0 Å². The Hall–Kier alpha value is -1.71. The quantitative estimate of drug-likeness (QED) is 0.754. The first-order chi connectivity index (χ1) is 9.43. The van der Waals surface area contributed by atoms with Crippen molar-refractivity contribution >= 4 is 11.6 Å². The van der Waals surface area contributed by atoms with Gasteiger partial charge in [0, 0.05) is 6.54 Å². The van der Waals surface area contributed by atoms with Crippen molar-refractivity contribution in [1.82, 2.24) is 5.32 Å². The summed E-state index contributed by atoms with van der Waals surface area (Å²) >= 11 is 0. The van der Waals surface area contributed by atoms with Gasteiger partial charge in [0.15, 0.2) is 6.10 Å². The van der Waals surface area contributed by atoms with E-state index in [0.29, 0.717) is 23.9 Å². The summed E-state index contributed by atoms with van der Waals surface area (Å²) in [7, 11) is 0. The second-order valence-corrected chi connectivity index (χ2v) is 5.46. The minimum absolute atomic E-state index is 0.107. The van der Waals surface area contributed by atoms with Gasteiger partial charge in [0.25, 0.3) is 5.91 Å². The van der Waals surface area contributed by atoms with Gasteiger partial charge in [0.1, 0.15) is 5.75 Å². The van der Waals surface area contributed by atoms with Crippen LogP contribution in [0.25, 0.3) is 0 Å². The number of hydrogen-bond donors (Lipinski definition) is 2. The maximum Gasteiger partial charge on any atom is 0.260 e. The predicted octanol–water partition coefficient (Wildman–Crippen LogP) is 2.76. The third-order valence-electron chi connectivity index (χ3n) is 3.18. The van der Waals surface area contributed by atoms with Gasteiger partial charge in [-0.3, -0.25) is 4.79 Å². The lowest BCUT2D eigenvalue weighted by molar-refractivity contribution is -0.127. The fourth-order valence-electron chi connectivity index (χ4n) is 1.80. The number of anilines is 1. The molecule has 0 spiro atoms. The Morgan fingerprint density at radius 3 is 2.60 bits per heavy atom. The maximum atomic E-state index is 11.9. The number of carbonyl (C=O) groups is 1. The highest BCUT2D eigenvalue weighted by Gasteiger charge is 2.15. The van der Waals surface area contributed by atoms with Crippen LogP contribution >= 0.6 is 0 Å². The average molecular weight is 278 g/mol. The van der Waals surface area contributed by atoms with Gasteiger partial charge >= 0.3 is 0 Å². The maximum absolute atomic E-state index is 11.9. The molecule has 3 N–H and O–H groups in total. The fraction of sp³-hybridized carbons (Fsp3) is 0.562. The van der Waals surface area contributed by atoms with E-state index in [9.17, 15) is 4.79 Å². The zero-order valence-corrected chi connectivity index (χ0v) is 12.9. The summed E-state index contributed by atoms with van der Waals surface area (Å²) in [6.45, 7) is 8.73. The Balaban J connectivity index is 2.52. The lowest BCUT2D eigenvalue weighted by Gasteiger charge is -2.17. The summed E-state index contributed by atoms with van der Waals surface area (Å²) in [5.41, 5.74) is 7.66. The molecule has 0 fully saturated rings. The topological polar surface area (TPSA) is 64.3 Å². The Morgan fingerprint density at radius 2 is 2.05 bits per heavy atom. The van der Waals surface area contributed by atoms with Crippen LogP contribution < -0.4 is 15.8 Å². The molecule has 0 aliphatic heterocycles. The van der Waals surface area contributed by atoms with Crippen molar-refractivity contribution in [1.29, 1.82) is 0 Å². The van der Waals surface area contributed by atoms with Crippen LogP contribution in [-0.4, -0.2) is 18.6 Å². The molecule has 0 heterocycles. The normalized spacial score (nSPS) is 12.2. The van der Waals surface area contributed by atoms with E-state index in [1.807, 2.05) is 18.2 Å². The Bertz CT molecular complexity index is 444. The molecule has 0 saturated carbocycles. The third-order valence-corrected chi connectivity index (χ3v) is 3.18. The highest BCUT2D eigenvalue weighted by atomic mass is 16.5. The molecule has 1 aromatic carbocycles. The van der Waals surface area contributed by atoms with Crippen LogP contribution in [0.5, 0.6) is 5.75 Å². The Kier molecular flexibility index (Phi) is 6.36. The van der Waals surface area contributed by atoms with Gasteiger partial charge in [0.05, 0.1) is 5.69 Å². The van der Waals surface area contributed by atoms with Gasteiger partial charge < -0.3 is 15.8 Å². The third kappa shape index (κ3) is 5.11. The van der Waals surface area contributed by atoms with Crippen molar-refractivity contribution in [3.8, 4) is 5.75 Å². The van der Waals surface area contributed by atoms with E-state index in [2.05, 4.69) is 26.1 Å². The SMILES string of the molecule is CCc1ccc(OC(C)C(=O)NCCC(C)C)c(N)c1. The first-order valence-electron chi connectivity index (χ1n) is 7.26. The van der Waals surface area contributed by atoms with E-state index < -0.39 is 6.10 Å². The molecule has 112 valence electrons. The summed E-state index contributed by atoms with van der Waals surface area (Å²) < 4.78 is 5.63. The summed E-state index contributed by atoms with van der Waals surface area (Å²) in [5, 5.41) is 2.87. The van der Waals surface area contributed by atoms with Crippen LogP contribution in [0.4, 0.5) is 5.69 Å². The van der Waals surface area contributed by atoms with Crippen molar-refractivity contribution in [2.45, 2.75) is 46.6 Å². The highest BCUT2D eigenvalue weighted by molar-refractivity contribution is 5.80. The number of nitrogens with two attached hydrogens (primary N) is 1. The number of amides is 1. The van der Waals surface area contributed by atoms with Crippen molar-refractivity contribution < 1.29 is 9.53 Å². The van der Waals surface area contributed by atoms with Crippen LogP contribution in [0, 0.1) is 5.92 Å². The number of nitrogens with one attached hydrogen (secondary N) is 1. The number of nitrogen functional groups attached to an aromatic ring is 1. The number of hydrogen-bond acceptors (Lipinski definition) is 3. The zero-order valence-electron chi connectivity index (χ0n) is 12.9. The van der Waals surface area contributed by atoms with Crippen LogP contribution in [0.1, 0.15) is 39.7 Å². The van der Waals surface area contributed by atoms with Gasteiger partial charge in [-0.15, -0.1) is 0 Å². The second-order valence-electron chi connectivity index (χ2n) is 5.46. The van der Waals surface area contributed by atoms with E-state index >= 15 is 0 Å². The van der Waals surface area contributed by atoms with Crippen LogP contribution in [0.2, 0.25) is 0 Å². The summed E-state index contributed by atoms with van der Waals surface area (Å²) in [6.07, 6.45) is 1.35. The van der Waals surface area contributed by atoms with Crippen molar-refractivity contribution in [3.05, 3.63) is 23.8 Å². The van der Waals surface area contributed by atoms with E-state index in [-0.39, 0.29) is 5.91 Å². The van der Waals surface area contributed by atoms with E-state index in [1.54, 1.807) is 6.92 Å². The first kappa shape index (κ1) is 16.3. The fourth-order valence-corrected chi connectivity index (χ4v) is 1.80. The van der Waals surface area contributed by atoms with Crippen LogP contribution in [0.15, 0.2) is 18.2 Å². The molecule has 4 heteroatoms. The lowest BCUT2D eigenvalue weighted by atomic mass is 10.1. The molecule has 0 aliphatic rings.